The predicted molar refractivity (Wildman–Crippen MR) is 75.2 cm³/mol. The Hall–Kier alpha value is -1.47. The molecule has 0 aliphatic carbocycles. The van der Waals surface area contributed by atoms with Crippen LogP contribution in [0.2, 0.25) is 0 Å². The number of hydrogen-bond donors (Lipinski definition) is 2. The van der Waals surface area contributed by atoms with E-state index in [1.54, 1.807) is 0 Å². The molecule has 0 spiro atoms. The quantitative estimate of drug-likeness (QED) is 0.847. The minimum absolute atomic E-state index is 0.141. The van der Waals surface area contributed by atoms with Crippen LogP contribution in [0.25, 0.3) is 0 Å². The molecule has 1 aliphatic rings. The van der Waals surface area contributed by atoms with Crippen molar-refractivity contribution in [3.63, 3.8) is 0 Å². The van der Waals surface area contributed by atoms with Gasteiger partial charge in [0.05, 0.1) is 6.54 Å². The van der Waals surface area contributed by atoms with E-state index in [-0.39, 0.29) is 23.9 Å². The number of hydrogen-bond acceptors (Lipinski definition) is 6. The zero-order chi connectivity index (χ0) is 14.7. The lowest BCUT2D eigenvalue weighted by Gasteiger charge is -2.34. The van der Waals surface area contributed by atoms with Crippen LogP contribution in [0.5, 0.6) is 0 Å². The van der Waals surface area contributed by atoms with Gasteiger partial charge in [0, 0.05) is 25.0 Å². The molecule has 2 atom stereocenters. The molecule has 0 bridgehead atoms. The van der Waals surface area contributed by atoms with Crippen molar-refractivity contribution in [2.45, 2.75) is 39.2 Å². The SMILES string of the molecule is CC1CC(N)CN(CC(=O)Nc2nnc(C(C)C)o2)C1. The molecular weight excluding hydrogens is 258 g/mol. The Kier molecular flexibility index (Phi) is 4.72. The molecule has 0 radical (unpaired) electrons. The second kappa shape index (κ2) is 6.32. The number of amides is 1. The first-order valence-electron chi connectivity index (χ1n) is 7.05. The number of nitrogens with zero attached hydrogens (tertiary/aromatic N) is 3. The molecule has 1 aliphatic heterocycles. The van der Waals surface area contributed by atoms with Gasteiger partial charge in [0.1, 0.15) is 0 Å². The predicted octanol–water partition coefficient (Wildman–Crippen LogP) is 0.801. The van der Waals surface area contributed by atoms with Crippen LogP contribution in [0.4, 0.5) is 6.01 Å². The first-order chi connectivity index (χ1) is 9.44. The van der Waals surface area contributed by atoms with Crippen LogP contribution in [0.3, 0.4) is 0 Å². The van der Waals surface area contributed by atoms with Gasteiger partial charge in [0.2, 0.25) is 11.8 Å². The highest BCUT2D eigenvalue weighted by molar-refractivity contribution is 5.90. The molecular formula is C13H23N5O2. The number of piperidine rings is 1. The van der Waals surface area contributed by atoms with E-state index in [0.717, 1.165) is 19.5 Å². The van der Waals surface area contributed by atoms with E-state index in [1.165, 1.54) is 0 Å². The van der Waals surface area contributed by atoms with Gasteiger partial charge in [-0.05, 0) is 12.3 Å². The maximum atomic E-state index is 12.0. The Balaban J connectivity index is 1.85. The largest absolute Gasteiger partial charge is 0.408 e. The highest BCUT2D eigenvalue weighted by atomic mass is 16.4. The van der Waals surface area contributed by atoms with Crippen molar-refractivity contribution in [1.29, 1.82) is 0 Å². The summed E-state index contributed by atoms with van der Waals surface area (Å²) in [6, 6.07) is 0.301. The fourth-order valence-corrected chi connectivity index (χ4v) is 2.52. The minimum atomic E-state index is -0.148. The summed E-state index contributed by atoms with van der Waals surface area (Å²) in [5.41, 5.74) is 5.97. The highest BCUT2D eigenvalue weighted by Gasteiger charge is 2.24. The maximum absolute atomic E-state index is 12.0. The van der Waals surface area contributed by atoms with Gasteiger partial charge in [-0.25, -0.2) is 0 Å². The zero-order valence-corrected chi connectivity index (χ0v) is 12.3. The fourth-order valence-electron chi connectivity index (χ4n) is 2.52. The molecule has 1 saturated heterocycles. The molecule has 7 nitrogen and oxygen atoms in total. The molecule has 2 rings (SSSR count). The van der Waals surface area contributed by atoms with Crippen LogP contribution in [-0.2, 0) is 4.79 Å². The Morgan fingerprint density at radius 2 is 2.25 bits per heavy atom. The average Bonchev–Trinajstić information content (AvgIpc) is 2.75. The molecule has 112 valence electrons. The average molecular weight is 281 g/mol. The summed E-state index contributed by atoms with van der Waals surface area (Å²) in [6.07, 6.45) is 1.01. The Morgan fingerprint density at radius 1 is 1.50 bits per heavy atom. The summed E-state index contributed by atoms with van der Waals surface area (Å²) in [5, 5.41) is 10.3. The van der Waals surface area contributed by atoms with Crippen molar-refractivity contribution in [1.82, 2.24) is 15.1 Å². The summed E-state index contributed by atoms with van der Waals surface area (Å²) >= 11 is 0. The molecule has 1 fully saturated rings. The zero-order valence-electron chi connectivity index (χ0n) is 12.3. The molecule has 1 aromatic heterocycles. The van der Waals surface area contributed by atoms with Gasteiger partial charge in [0.15, 0.2) is 0 Å². The van der Waals surface area contributed by atoms with Crippen LogP contribution in [0.15, 0.2) is 4.42 Å². The van der Waals surface area contributed by atoms with Gasteiger partial charge in [-0.3, -0.25) is 15.0 Å². The summed E-state index contributed by atoms with van der Waals surface area (Å²) < 4.78 is 5.35. The molecule has 2 unspecified atom stereocenters. The Bertz CT molecular complexity index is 449. The number of rotatable bonds is 4. The number of nitrogens with two attached hydrogens (primary N) is 1. The van der Waals surface area contributed by atoms with Crippen LogP contribution >= 0.6 is 0 Å². The van der Waals surface area contributed by atoms with E-state index >= 15 is 0 Å². The summed E-state index contributed by atoms with van der Waals surface area (Å²) in [5.74, 6) is 1.04. The number of likely N-dealkylation sites (tertiary alicyclic amines) is 1. The lowest BCUT2D eigenvalue weighted by Crippen LogP contribution is -2.48. The van der Waals surface area contributed by atoms with Crippen molar-refractivity contribution in [2.75, 3.05) is 25.0 Å². The standard InChI is InChI=1S/C13H23N5O2/c1-8(2)12-16-17-13(20-12)15-11(19)7-18-5-9(3)4-10(14)6-18/h8-10H,4-7,14H2,1-3H3,(H,15,17,19). The van der Waals surface area contributed by atoms with Crippen LogP contribution in [0, 0.1) is 5.92 Å². The van der Waals surface area contributed by atoms with Crippen molar-refractivity contribution < 1.29 is 9.21 Å². The first-order valence-corrected chi connectivity index (χ1v) is 7.05. The van der Waals surface area contributed by atoms with Gasteiger partial charge < -0.3 is 10.2 Å². The molecule has 20 heavy (non-hydrogen) atoms. The molecule has 2 heterocycles. The monoisotopic (exact) mass is 281 g/mol. The number of carbonyl (C=O) groups is 1. The van der Waals surface area contributed by atoms with E-state index < -0.39 is 0 Å². The first kappa shape index (κ1) is 14.9. The number of nitrogens with one attached hydrogen (secondary N) is 1. The minimum Gasteiger partial charge on any atom is -0.408 e. The van der Waals surface area contributed by atoms with Gasteiger partial charge in [-0.1, -0.05) is 25.9 Å². The van der Waals surface area contributed by atoms with E-state index in [4.69, 9.17) is 10.2 Å². The summed E-state index contributed by atoms with van der Waals surface area (Å²) in [6.45, 7) is 8.00. The third kappa shape index (κ3) is 4.01. The fraction of sp³-hybridized carbons (Fsp3) is 0.769. The smallest absolute Gasteiger partial charge is 0.322 e. The van der Waals surface area contributed by atoms with E-state index in [9.17, 15) is 4.79 Å². The van der Waals surface area contributed by atoms with E-state index in [1.807, 2.05) is 13.8 Å². The molecule has 1 aromatic rings. The second-order valence-corrected chi connectivity index (χ2v) is 5.94. The summed E-state index contributed by atoms with van der Waals surface area (Å²) in [7, 11) is 0. The summed E-state index contributed by atoms with van der Waals surface area (Å²) in [4.78, 5) is 14.0. The normalized spacial score (nSPS) is 24.1. The third-order valence-corrected chi connectivity index (χ3v) is 3.32. The number of anilines is 1. The van der Waals surface area contributed by atoms with Gasteiger partial charge >= 0.3 is 6.01 Å². The van der Waals surface area contributed by atoms with Crippen molar-refractivity contribution in [3.8, 4) is 0 Å². The topological polar surface area (TPSA) is 97.3 Å². The van der Waals surface area contributed by atoms with Crippen molar-refractivity contribution in [3.05, 3.63) is 5.89 Å². The van der Waals surface area contributed by atoms with Crippen molar-refractivity contribution >= 4 is 11.9 Å². The van der Waals surface area contributed by atoms with Gasteiger partial charge in [-0.2, -0.15) is 0 Å². The Labute approximate surface area is 118 Å². The number of aromatic nitrogens is 2. The molecule has 7 heteroatoms. The Morgan fingerprint density at radius 3 is 2.85 bits per heavy atom. The van der Waals surface area contributed by atoms with Gasteiger partial charge in [-0.15, -0.1) is 5.10 Å². The number of carbonyl (C=O) groups excluding carboxylic acids is 1. The van der Waals surface area contributed by atoms with Crippen LogP contribution in [0.1, 0.15) is 39.0 Å². The third-order valence-electron chi connectivity index (χ3n) is 3.32. The van der Waals surface area contributed by atoms with Crippen LogP contribution < -0.4 is 11.1 Å². The van der Waals surface area contributed by atoms with Crippen LogP contribution in [-0.4, -0.2) is 46.7 Å². The van der Waals surface area contributed by atoms with E-state index in [2.05, 4.69) is 27.3 Å². The molecule has 3 N–H and O–H groups in total. The highest BCUT2D eigenvalue weighted by Crippen LogP contribution is 2.16. The molecule has 1 amide bonds. The maximum Gasteiger partial charge on any atom is 0.322 e. The molecule has 0 saturated carbocycles. The van der Waals surface area contributed by atoms with Crippen molar-refractivity contribution in [2.24, 2.45) is 11.7 Å². The lowest BCUT2D eigenvalue weighted by molar-refractivity contribution is -0.117. The second-order valence-electron chi connectivity index (χ2n) is 5.94. The van der Waals surface area contributed by atoms with E-state index in [0.29, 0.717) is 18.4 Å². The molecule has 0 aromatic carbocycles. The lowest BCUT2D eigenvalue weighted by atomic mass is 9.97. The van der Waals surface area contributed by atoms with Gasteiger partial charge in [0.25, 0.3) is 0 Å².